The fourth-order valence-corrected chi connectivity index (χ4v) is 3.34. The Bertz CT molecular complexity index is 1310. The molecule has 0 spiro atoms. The topological polar surface area (TPSA) is 87.0 Å². The number of anilines is 1. The Labute approximate surface area is 184 Å². The van der Waals surface area contributed by atoms with Crippen LogP contribution in [0.3, 0.4) is 0 Å². The third-order valence-electron chi connectivity index (χ3n) is 5.17. The molecular formula is C25H23NO6. The molecule has 0 saturated carbocycles. The summed E-state index contributed by atoms with van der Waals surface area (Å²) in [7, 11) is 1.52. The Hall–Kier alpha value is -4.00. The minimum atomic E-state index is -0.641. The number of methoxy groups -OCH3 is 1. The maximum absolute atomic E-state index is 12.3. The van der Waals surface area contributed by atoms with Crippen molar-refractivity contribution in [2.24, 2.45) is 0 Å². The van der Waals surface area contributed by atoms with Crippen LogP contribution < -0.4 is 14.8 Å². The van der Waals surface area contributed by atoms with E-state index in [1.165, 1.54) is 7.11 Å². The van der Waals surface area contributed by atoms with Crippen molar-refractivity contribution in [3.05, 3.63) is 65.7 Å². The molecule has 164 valence electrons. The van der Waals surface area contributed by atoms with Crippen molar-refractivity contribution < 1.29 is 28.2 Å². The van der Waals surface area contributed by atoms with Gasteiger partial charge in [-0.1, -0.05) is 24.3 Å². The van der Waals surface area contributed by atoms with Crippen LogP contribution >= 0.6 is 0 Å². The van der Waals surface area contributed by atoms with E-state index in [1.807, 2.05) is 50.2 Å². The van der Waals surface area contributed by atoms with Crippen molar-refractivity contribution >= 4 is 39.5 Å². The number of esters is 1. The van der Waals surface area contributed by atoms with Crippen LogP contribution in [0.25, 0.3) is 21.9 Å². The summed E-state index contributed by atoms with van der Waals surface area (Å²) in [5.41, 5.74) is 3.97. The van der Waals surface area contributed by atoms with Gasteiger partial charge in [-0.05, 0) is 49.2 Å². The van der Waals surface area contributed by atoms with Crippen LogP contribution in [0.1, 0.15) is 11.1 Å². The van der Waals surface area contributed by atoms with Gasteiger partial charge in [-0.2, -0.15) is 0 Å². The van der Waals surface area contributed by atoms with Gasteiger partial charge in [-0.25, -0.2) is 4.79 Å². The molecule has 32 heavy (non-hydrogen) atoms. The molecule has 0 unspecified atom stereocenters. The SMILES string of the molecule is COc1cc2c(cc1NC(=O)COC(=O)COc1ccc(C)c(C)c1)oc1ccccc12. The van der Waals surface area contributed by atoms with Gasteiger partial charge < -0.3 is 23.9 Å². The van der Waals surface area contributed by atoms with Crippen molar-refractivity contribution in [1.82, 2.24) is 0 Å². The number of fused-ring (bicyclic) bond motifs is 3. The molecule has 1 N–H and O–H groups in total. The minimum absolute atomic E-state index is 0.288. The lowest BCUT2D eigenvalue weighted by atomic mass is 10.1. The number of para-hydroxylation sites is 1. The lowest BCUT2D eigenvalue weighted by Gasteiger charge is -2.11. The van der Waals surface area contributed by atoms with Crippen molar-refractivity contribution in [2.75, 3.05) is 25.6 Å². The van der Waals surface area contributed by atoms with E-state index in [0.29, 0.717) is 22.8 Å². The number of ether oxygens (including phenoxy) is 3. The molecule has 1 aromatic heterocycles. The number of benzene rings is 3. The molecular weight excluding hydrogens is 410 g/mol. The zero-order chi connectivity index (χ0) is 22.7. The van der Waals surface area contributed by atoms with Crippen LogP contribution in [0.5, 0.6) is 11.5 Å². The normalized spacial score (nSPS) is 10.8. The zero-order valence-corrected chi connectivity index (χ0v) is 18.1. The highest BCUT2D eigenvalue weighted by Gasteiger charge is 2.15. The van der Waals surface area contributed by atoms with Crippen LogP contribution in [-0.4, -0.2) is 32.2 Å². The van der Waals surface area contributed by atoms with Crippen molar-refractivity contribution in [1.29, 1.82) is 0 Å². The number of furan rings is 1. The van der Waals surface area contributed by atoms with Gasteiger partial charge in [-0.3, -0.25) is 4.79 Å². The number of hydrogen-bond acceptors (Lipinski definition) is 6. The Morgan fingerprint density at radius 1 is 0.906 bits per heavy atom. The third kappa shape index (κ3) is 4.51. The van der Waals surface area contributed by atoms with E-state index in [1.54, 1.807) is 18.2 Å². The van der Waals surface area contributed by atoms with Crippen LogP contribution in [0.4, 0.5) is 5.69 Å². The highest BCUT2D eigenvalue weighted by molar-refractivity contribution is 6.07. The van der Waals surface area contributed by atoms with Gasteiger partial charge in [0.25, 0.3) is 5.91 Å². The molecule has 0 bridgehead atoms. The number of nitrogens with one attached hydrogen (secondary N) is 1. The maximum Gasteiger partial charge on any atom is 0.344 e. The first-order chi connectivity index (χ1) is 15.4. The van der Waals surface area contributed by atoms with E-state index < -0.39 is 18.5 Å². The summed E-state index contributed by atoms with van der Waals surface area (Å²) in [6.07, 6.45) is 0. The molecule has 0 aliphatic heterocycles. The molecule has 4 rings (SSSR count). The molecule has 7 nitrogen and oxygen atoms in total. The molecule has 0 aliphatic carbocycles. The fourth-order valence-electron chi connectivity index (χ4n) is 3.34. The third-order valence-corrected chi connectivity index (χ3v) is 5.17. The average molecular weight is 433 g/mol. The fraction of sp³-hybridized carbons (Fsp3) is 0.200. The molecule has 4 aromatic rings. The Morgan fingerprint density at radius 2 is 1.72 bits per heavy atom. The molecule has 0 aliphatic rings. The summed E-state index contributed by atoms with van der Waals surface area (Å²) in [4.78, 5) is 24.3. The van der Waals surface area contributed by atoms with Crippen LogP contribution in [-0.2, 0) is 14.3 Å². The van der Waals surface area contributed by atoms with E-state index >= 15 is 0 Å². The van der Waals surface area contributed by atoms with Crippen LogP contribution in [0.15, 0.2) is 59.0 Å². The molecule has 0 saturated heterocycles. The van der Waals surface area contributed by atoms with Gasteiger partial charge in [-0.15, -0.1) is 0 Å². The number of aryl methyl sites for hydroxylation is 2. The standard InChI is InChI=1S/C25H23NO6/c1-15-8-9-17(10-16(15)2)30-14-25(28)31-13-24(27)26-20-12-22-19(11-23(20)29-3)18-6-4-5-7-21(18)32-22/h4-12H,13-14H2,1-3H3,(H,26,27). The van der Waals surface area contributed by atoms with Crippen LogP contribution in [0.2, 0.25) is 0 Å². The van der Waals surface area contributed by atoms with E-state index in [0.717, 1.165) is 27.5 Å². The molecule has 0 fully saturated rings. The second-order valence-electron chi connectivity index (χ2n) is 7.39. The predicted octanol–water partition coefficient (Wildman–Crippen LogP) is 4.77. The monoisotopic (exact) mass is 433 g/mol. The molecule has 7 heteroatoms. The predicted molar refractivity (Wildman–Crippen MR) is 121 cm³/mol. The van der Waals surface area contributed by atoms with E-state index in [-0.39, 0.29) is 6.61 Å². The molecule has 3 aromatic carbocycles. The first kappa shape index (κ1) is 21.2. The summed E-state index contributed by atoms with van der Waals surface area (Å²) in [5, 5.41) is 4.53. The second-order valence-corrected chi connectivity index (χ2v) is 7.39. The van der Waals surface area contributed by atoms with Crippen LogP contribution in [0, 0.1) is 13.8 Å². The highest BCUT2D eigenvalue weighted by Crippen LogP contribution is 2.36. The molecule has 0 atom stereocenters. The van der Waals surface area contributed by atoms with Crippen molar-refractivity contribution in [2.45, 2.75) is 13.8 Å². The molecule has 1 heterocycles. The van der Waals surface area contributed by atoms with E-state index in [4.69, 9.17) is 18.6 Å². The molecule has 1 amide bonds. The first-order valence-electron chi connectivity index (χ1n) is 10.1. The summed E-state index contributed by atoms with van der Waals surface area (Å²) < 4.78 is 21.7. The van der Waals surface area contributed by atoms with Gasteiger partial charge in [0.2, 0.25) is 0 Å². The second kappa shape index (κ2) is 9.01. The maximum atomic E-state index is 12.3. The number of carbonyl (C=O) groups is 2. The zero-order valence-electron chi connectivity index (χ0n) is 18.1. The van der Waals surface area contributed by atoms with E-state index in [9.17, 15) is 9.59 Å². The van der Waals surface area contributed by atoms with Gasteiger partial charge >= 0.3 is 5.97 Å². The summed E-state index contributed by atoms with van der Waals surface area (Å²) in [6.45, 7) is 3.22. The van der Waals surface area contributed by atoms with E-state index in [2.05, 4.69) is 5.32 Å². The lowest BCUT2D eigenvalue weighted by Crippen LogP contribution is -2.23. The van der Waals surface area contributed by atoms with Gasteiger partial charge in [0.15, 0.2) is 13.2 Å². The van der Waals surface area contributed by atoms with Crippen molar-refractivity contribution in [3.63, 3.8) is 0 Å². The largest absolute Gasteiger partial charge is 0.495 e. The summed E-state index contributed by atoms with van der Waals surface area (Å²) in [6, 6.07) is 16.7. The number of rotatable bonds is 7. The number of hydrogen-bond donors (Lipinski definition) is 1. The Kier molecular flexibility index (Phi) is 5.98. The minimum Gasteiger partial charge on any atom is -0.495 e. The van der Waals surface area contributed by atoms with Gasteiger partial charge in [0.05, 0.1) is 12.8 Å². The summed E-state index contributed by atoms with van der Waals surface area (Å²) in [5.74, 6) is -0.100. The lowest BCUT2D eigenvalue weighted by molar-refractivity contribution is -0.149. The smallest absolute Gasteiger partial charge is 0.344 e. The van der Waals surface area contributed by atoms with Gasteiger partial charge in [0.1, 0.15) is 22.7 Å². The quantitative estimate of drug-likeness (QED) is 0.423. The Balaban J connectivity index is 1.37. The van der Waals surface area contributed by atoms with Crippen molar-refractivity contribution in [3.8, 4) is 11.5 Å². The number of carbonyl (C=O) groups excluding carboxylic acids is 2. The summed E-state index contributed by atoms with van der Waals surface area (Å²) >= 11 is 0. The number of amides is 1. The first-order valence-corrected chi connectivity index (χ1v) is 10.1. The highest BCUT2D eigenvalue weighted by atomic mass is 16.6. The average Bonchev–Trinajstić information content (AvgIpc) is 3.15. The molecule has 0 radical (unpaired) electrons. The Morgan fingerprint density at radius 3 is 2.50 bits per heavy atom. The van der Waals surface area contributed by atoms with Gasteiger partial charge in [0, 0.05) is 16.8 Å².